The Kier molecular flexibility index (Phi) is 4.04. The van der Waals surface area contributed by atoms with Crippen molar-refractivity contribution >= 4 is 17.8 Å². The maximum atomic E-state index is 11.3. The van der Waals surface area contributed by atoms with Crippen LogP contribution in [0.15, 0.2) is 4.99 Å². The molecule has 7 heteroatoms. The first-order valence-electron chi connectivity index (χ1n) is 4.44. The number of hydrogen-bond donors (Lipinski definition) is 2. The van der Waals surface area contributed by atoms with E-state index in [1.807, 2.05) is 0 Å². The van der Waals surface area contributed by atoms with Crippen LogP contribution in [0.5, 0.6) is 0 Å². The standard InChI is InChI=1S/C8H12N2O5/c11-3-4-15-8(14)7-9-1-2-10(7)5-6(12)13/h11H,1-5H2,(H,12,13). The number of esters is 1. The van der Waals surface area contributed by atoms with Gasteiger partial charge >= 0.3 is 11.9 Å². The van der Waals surface area contributed by atoms with Gasteiger partial charge in [0.25, 0.3) is 0 Å². The van der Waals surface area contributed by atoms with Crippen molar-refractivity contribution in [3.8, 4) is 0 Å². The molecule has 1 aliphatic rings. The molecule has 1 rings (SSSR count). The number of carbonyl (C=O) groups excluding carboxylic acids is 1. The maximum Gasteiger partial charge on any atom is 0.373 e. The Hall–Kier alpha value is -1.63. The number of ether oxygens (including phenoxy) is 1. The zero-order valence-electron chi connectivity index (χ0n) is 8.05. The van der Waals surface area contributed by atoms with Gasteiger partial charge in [-0.15, -0.1) is 0 Å². The van der Waals surface area contributed by atoms with E-state index in [0.717, 1.165) is 0 Å². The van der Waals surface area contributed by atoms with E-state index in [1.54, 1.807) is 0 Å². The number of carbonyl (C=O) groups is 2. The molecule has 0 aromatic carbocycles. The van der Waals surface area contributed by atoms with Crippen LogP contribution in [-0.4, -0.2) is 65.7 Å². The van der Waals surface area contributed by atoms with Crippen LogP contribution >= 0.6 is 0 Å². The summed E-state index contributed by atoms with van der Waals surface area (Å²) in [7, 11) is 0. The summed E-state index contributed by atoms with van der Waals surface area (Å²) < 4.78 is 4.63. The predicted molar refractivity (Wildman–Crippen MR) is 49.6 cm³/mol. The van der Waals surface area contributed by atoms with Crippen LogP contribution < -0.4 is 0 Å². The molecule has 0 fully saturated rings. The van der Waals surface area contributed by atoms with Gasteiger partial charge in [0, 0.05) is 6.54 Å². The molecule has 0 saturated carbocycles. The van der Waals surface area contributed by atoms with E-state index in [-0.39, 0.29) is 25.6 Å². The van der Waals surface area contributed by atoms with Crippen LogP contribution in [0.25, 0.3) is 0 Å². The highest BCUT2D eigenvalue weighted by molar-refractivity contribution is 6.35. The second-order valence-corrected chi connectivity index (χ2v) is 2.88. The molecular formula is C8H12N2O5. The zero-order chi connectivity index (χ0) is 11.3. The summed E-state index contributed by atoms with van der Waals surface area (Å²) in [5.74, 6) is -1.70. The molecule has 1 aliphatic heterocycles. The number of carboxylic acid groups (broad SMARTS) is 1. The Morgan fingerprint density at radius 2 is 2.27 bits per heavy atom. The summed E-state index contributed by atoms with van der Waals surface area (Å²) in [5, 5.41) is 17.0. The van der Waals surface area contributed by atoms with Crippen LogP contribution in [0.1, 0.15) is 0 Å². The summed E-state index contributed by atoms with van der Waals surface area (Å²) >= 11 is 0. The molecule has 0 saturated heterocycles. The highest BCUT2D eigenvalue weighted by Gasteiger charge is 2.26. The number of aliphatic hydroxyl groups excluding tert-OH is 1. The largest absolute Gasteiger partial charge is 0.480 e. The smallest absolute Gasteiger partial charge is 0.373 e. The third kappa shape index (κ3) is 3.21. The summed E-state index contributed by atoms with van der Waals surface area (Å²) in [6.07, 6.45) is 0. The minimum absolute atomic E-state index is 0.0193. The lowest BCUT2D eigenvalue weighted by molar-refractivity contribution is -0.138. The first-order valence-corrected chi connectivity index (χ1v) is 4.44. The second-order valence-electron chi connectivity index (χ2n) is 2.88. The number of hydrogen-bond acceptors (Lipinski definition) is 6. The van der Waals surface area contributed by atoms with Gasteiger partial charge in [-0.25, -0.2) is 4.79 Å². The van der Waals surface area contributed by atoms with Gasteiger partial charge in [-0.2, -0.15) is 0 Å². The number of aliphatic carboxylic acids is 1. The molecule has 0 spiro atoms. The highest BCUT2D eigenvalue weighted by Crippen LogP contribution is 2.03. The Bertz CT molecular complexity index is 289. The van der Waals surface area contributed by atoms with Crippen molar-refractivity contribution < 1.29 is 24.5 Å². The molecule has 0 aromatic rings. The maximum absolute atomic E-state index is 11.3. The lowest BCUT2D eigenvalue weighted by Gasteiger charge is -2.16. The van der Waals surface area contributed by atoms with E-state index >= 15 is 0 Å². The van der Waals surface area contributed by atoms with Crippen LogP contribution in [0.4, 0.5) is 0 Å². The Balaban J connectivity index is 2.52. The molecule has 0 unspecified atom stereocenters. The van der Waals surface area contributed by atoms with Gasteiger partial charge in [0.05, 0.1) is 13.2 Å². The average Bonchev–Trinajstić information content (AvgIpc) is 2.61. The van der Waals surface area contributed by atoms with Crippen molar-refractivity contribution in [1.82, 2.24) is 4.90 Å². The molecule has 84 valence electrons. The zero-order valence-corrected chi connectivity index (χ0v) is 8.05. The normalized spacial score (nSPS) is 15.0. The lowest BCUT2D eigenvalue weighted by Crippen LogP contribution is -2.38. The van der Waals surface area contributed by atoms with E-state index in [1.165, 1.54) is 4.90 Å². The van der Waals surface area contributed by atoms with Gasteiger partial charge in [-0.05, 0) is 0 Å². The van der Waals surface area contributed by atoms with Crippen molar-refractivity contribution in [3.63, 3.8) is 0 Å². The third-order valence-electron chi connectivity index (χ3n) is 1.76. The minimum atomic E-state index is -1.03. The lowest BCUT2D eigenvalue weighted by atomic mass is 10.4. The van der Waals surface area contributed by atoms with E-state index < -0.39 is 11.9 Å². The number of nitrogens with zero attached hydrogens (tertiary/aromatic N) is 2. The number of amidine groups is 1. The first kappa shape index (κ1) is 11.4. The van der Waals surface area contributed by atoms with Gasteiger partial charge in [0.2, 0.25) is 5.84 Å². The number of carboxylic acids is 1. The molecule has 1 heterocycles. The van der Waals surface area contributed by atoms with Gasteiger partial charge in [-0.1, -0.05) is 0 Å². The Morgan fingerprint density at radius 3 is 2.87 bits per heavy atom. The van der Waals surface area contributed by atoms with E-state index in [2.05, 4.69) is 9.73 Å². The SMILES string of the molecule is O=C(O)CN1CCN=C1C(=O)OCCO. The quantitative estimate of drug-likeness (QED) is 0.532. The highest BCUT2D eigenvalue weighted by atomic mass is 16.5. The summed E-state index contributed by atoms with van der Waals surface area (Å²) in [5.41, 5.74) is 0. The van der Waals surface area contributed by atoms with Gasteiger partial charge in [0.15, 0.2) is 0 Å². The monoisotopic (exact) mass is 216 g/mol. The molecule has 0 amide bonds. The number of aliphatic hydroxyl groups is 1. The van der Waals surface area contributed by atoms with Gasteiger partial charge < -0.3 is 19.8 Å². The Labute approximate surface area is 86.0 Å². The van der Waals surface area contributed by atoms with Crippen molar-refractivity contribution in [2.75, 3.05) is 32.8 Å². The molecule has 0 radical (unpaired) electrons. The number of aliphatic imine (C=N–C) groups is 1. The fraction of sp³-hybridized carbons (Fsp3) is 0.625. The van der Waals surface area contributed by atoms with Gasteiger partial charge in [-0.3, -0.25) is 9.79 Å². The van der Waals surface area contributed by atoms with E-state index in [9.17, 15) is 9.59 Å². The second kappa shape index (κ2) is 5.30. The van der Waals surface area contributed by atoms with E-state index in [4.69, 9.17) is 10.2 Å². The van der Waals surface area contributed by atoms with E-state index in [0.29, 0.717) is 13.1 Å². The first-order chi connectivity index (χ1) is 7.15. The Morgan fingerprint density at radius 1 is 1.53 bits per heavy atom. The van der Waals surface area contributed by atoms with Gasteiger partial charge in [0.1, 0.15) is 13.2 Å². The fourth-order valence-corrected chi connectivity index (χ4v) is 1.20. The molecule has 0 aliphatic carbocycles. The molecule has 7 nitrogen and oxygen atoms in total. The molecule has 0 atom stereocenters. The van der Waals surface area contributed by atoms with Crippen molar-refractivity contribution in [1.29, 1.82) is 0 Å². The fourth-order valence-electron chi connectivity index (χ4n) is 1.20. The summed E-state index contributed by atoms with van der Waals surface area (Å²) in [6, 6.07) is 0. The van der Waals surface area contributed by atoms with Crippen LogP contribution in [0.2, 0.25) is 0 Å². The minimum Gasteiger partial charge on any atom is -0.480 e. The van der Waals surface area contributed by atoms with Crippen molar-refractivity contribution in [2.45, 2.75) is 0 Å². The van der Waals surface area contributed by atoms with Crippen LogP contribution in [-0.2, 0) is 14.3 Å². The third-order valence-corrected chi connectivity index (χ3v) is 1.76. The summed E-state index contributed by atoms with van der Waals surface area (Å²) in [4.78, 5) is 26.9. The van der Waals surface area contributed by atoms with Crippen molar-refractivity contribution in [3.05, 3.63) is 0 Å². The van der Waals surface area contributed by atoms with Crippen LogP contribution in [0.3, 0.4) is 0 Å². The predicted octanol–water partition coefficient (Wildman–Crippen LogP) is -1.68. The van der Waals surface area contributed by atoms with Crippen molar-refractivity contribution in [2.24, 2.45) is 4.99 Å². The summed E-state index contributed by atoms with van der Waals surface area (Å²) in [6.45, 7) is 0.135. The topological polar surface area (TPSA) is 99.4 Å². The molecule has 0 aromatic heterocycles. The molecule has 15 heavy (non-hydrogen) atoms. The van der Waals surface area contributed by atoms with Crippen LogP contribution in [0, 0.1) is 0 Å². The molecular weight excluding hydrogens is 204 g/mol. The molecule has 0 bridgehead atoms. The molecule has 2 N–H and O–H groups in total. The number of rotatable bonds is 5. The average molecular weight is 216 g/mol.